The molecule has 1 aromatic heterocycles. The second-order valence-corrected chi connectivity index (χ2v) is 8.43. The molecule has 2 fully saturated rings. The van der Waals surface area contributed by atoms with E-state index >= 15 is 0 Å². The molecule has 3 heterocycles. The van der Waals surface area contributed by atoms with E-state index in [1.54, 1.807) is 23.3 Å². The Morgan fingerprint density at radius 1 is 1.41 bits per heavy atom. The van der Waals surface area contributed by atoms with E-state index in [-0.39, 0.29) is 35.7 Å². The van der Waals surface area contributed by atoms with Gasteiger partial charge in [-0.1, -0.05) is 6.07 Å². The van der Waals surface area contributed by atoms with Crippen LogP contribution in [-0.2, 0) is 20.7 Å². The molecule has 0 saturated carbocycles. The first-order chi connectivity index (χ1) is 12.6. The first-order valence-corrected chi connectivity index (χ1v) is 10.3. The maximum atomic E-state index is 12.8. The second-order valence-electron chi connectivity index (χ2n) is 7.40. The average molecular weight is 416 g/mol. The zero-order valence-electron chi connectivity index (χ0n) is 15.9. The fourth-order valence-electron chi connectivity index (χ4n) is 4.03. The summed E-state index contributed by atoms with van der Waals surface area (Å²) in [5.74, 6) is 0.0367. The Hall–Kier alpha value is -1.15. The largest absolute Gasteiger partial charge is 0.384 e. The van der Waals surface area contributed by atoms with Crippen molar-refractivity contribution in [3.63, 3.8) is 0 Å². The fraction of sp³-hybridized carbons (Fsp3) is 0.684. The van der Waals surface area contributed by atoms with Crippen LogP contribution in [0.5, 0.6) is 0 Å². The van der Waals surface area contributed by atoms with Crippen LogP contribution in [0.15, 0.2) is 17.5 Å². The molecule has 2 N–H and O–H groups in total. The average Bonchev–Trinajstić information content (AvgIpc) is 3.32. The van der Waals surface area contributed by atoms with E-state index in [4.69, 9.17) is 4.74 Å². The summed E-state index contributed by atoms with van der Waals surface area (Å²) in [6, 6.07) is 3.60. The molecule has 2 aliphatic heterocycles. The van der Waals surface area contributed by atoms with Gasteiger partial charge in [0.25, 0.3) is 0 Å². The Kier molecular flexibility index (Phi) is 8.54. The third-order valence-corrected chi connectivity index (χ3v) is 6.41. The number of likely N-dealkylation sites (tertiary alicyclic amines) is 1. The van der Waals surface area contributed by atoms with Crippen molar-refractivity contribution in [2.75, 3.05) is 39.9 Å². The van der Waals surface area contributed by atoms with Gasteiger partial charge in [-0.2, -0.15) is 0 Å². The van der Waals surface area contributed by atoms with Crippen molar-refractivity contribution in [2.45, 2.75) is 38.1 Å². The van der Waals surface area contributed by atoms with Crippen molar-refractivity contribution in [3.05, 3.63) is 22.4 Å². The molecule has 152 valence electrons. The Morgan fingerprint density at radius 2 is 2.19 bits per heavy atom. The smallest absolute Gasteiger partial charge is 0.242 e. The Morgan fingerprint density at radius 3 is 2.85 bits per heavy atom. The highest BCUT2D eigenvalue weighted by atomic mass is 35.5. The van der Waals surface area contributed by atoms with E-state index in [0.29, 0.717) is 26.1 Å². The molecule has 0 aliphatic carbocycles. The van der Waals surface area contributed by atoms with Crippen LogP contribution in [0.3, 0.4) is 0 Å². The van der Waals surface area contributed by atoms with Crippen molar-refractivity contribution in [1.29, 1.82) is 0 Å². The molecule has 0 spiro atoms. The molecular formula is C19H30ClN3O3S. The number of amides is 2. The Bertz CT molecular complexity index is 600. The van der Waals surface area contributed by atoms with Crippen LogP contribution in [0.2, 0.25) is 0 Å². The lowest BCUT2D eigenvalue weighted by atomic mass is 9.79. The van der Waals surface area contributed by atoms with Crippen molar-refractivity contribution in [1.82, 2.24) is 15.5 Å². The summed E-state index contributed by atoms with van der Waals surface area (Å²) in [4.78, 5) is 28.2. The van der Waals surface area contributed by atoms with E-state index in [0.717, 1.165) is 43.6 Å². The van der Waals surface area contributed by atoms with E-state index in [2.05, 4.69) is 10.6 Å². The highest BCUT2D eigenvalue weighted by molar-refractivity contribution is 7.10. The van der Waals surface area contributed by atoms with Crippen molar-refractivity contribution in [2.24, 2.45) is 5.41 Å². The van der Waals surface area contributed by atoms with Gasteiger partial charge in [-0.05, 0) is 50.2 Å². The number of carbonyl (C=O) groups excluding carboxylic acids is 2. The molecule has 1 aromatic rings. The van der Waals surface area contributed by atoms with Gasteiger partial charge in [-0.3, -0.25) is 9.59 Å². The highest BCUT2D eigenvalue weighted by Gasteiger charge is 2.37. The maximum Gasteiger partial charge on any atom is 0.242 e. The molecule has 2 amide bonds. The van der Waals surface area contributed by atoms with Crippen LogP contribution < -0.4 is 10.6 Å². The minimum Gasteiger partial charge on any atom is -0.384 e. The standard InChI is InChI=1S/C19H29N3O3S.ClH/c1-25-14-19(6-8-20-9-7-19)13-21-18(24)16-5-2-10-22(16)17(23)12-15-4-3-11-26-15;/h3-4,11,16,20H,2,5-10,12-14H2,1H3,(H,21,24);1H. The van der Waals surface area contributed by atoms with Crippen LogP contribution in [0.1, 0.15) is 30.6 Å². The number of ether oxygens (including phenoxy) is 1. The molecule has 27 heavy (non-hydrogen) atoms. The number of thiophene rings is 1. The van der Waals surface area contributed by atoms with Gasteiger partial charge in [0.15, 0.2) is 0 Å². The van der Waals surface area contributed by atoms with E-state index < -0.39 is 0 Å². The van der Waals surface area contributed by atoms with Gasteiger partial charge in [0.1, 0.15) is 6.04 Å². The first-order valence-electron chi connectivity index (χ1n) is 9.43. The minimum atomic E-state index is -0.330. The number of piperidine rings is 1. The third-order valence-electron chi connectivity index (χ3n) is 5.53. The lowest BCUT2D eigenvalue weighted by molar-refractivity contribution is -0.138. The molecule has 0 bridgehead atoms. The van der Waals surface area contributed by atoms with Crippen LogP contribution in [0, 0.1) is 5.41 Å². The Balaban J connectivity index is 0.00000261. The summed E-state index contributed by atoms with van der Waals surface area (Å²) in [6.07, 6.45) is 4.02. The zero-order chi connectivity index (χ0) is 18.4. The molecule has 0 radical (unpaired) electrons. The fourth-order valence-corrected chi connectivity index (χ4v) is 4.73. The third kappa shape index (κ3) is 5.67. The summed E-state index contributed by atoms with van der Waals surface area (Å²) in [5, 5.41) is 8.47. The van der Waals surface area contributed by atoms with Gasteiger partial charge in [-0.15, -0.1) is 23.7 Å². The van der Waals surface area contributed by atoms with E-state index in [1.807, 2.05) is 17.5 Å². The molecule has 1 unspecified atom stereocenters. The predicted molar refractivity (Wildman–Crippen MR) is 109 cm³/mol. The molecule has 0 aromatic carbocycles. The maximum absolute atomic E-state index is 12.8. The summed E-state index contributed by atoms with van der Waals surface area (Å²) >= 11 is 1.59. The van der Waals surface area contributed by atoms with Crippen LogP contribution in [-0.4, -0.2) is 62.7 Å². The Labute approximate surface area is 171 Å². The number of hydrogen-bond donors (Lipinski definition) is 2. The van der Waals surface area contributed by atoms with Crippen molar-refractivity contribution in [3.8, 4) is 0 Å². The number of methoxy groups -OCH3 is 1. The van der Waals surface area contributed by atoms with Gasteiger partial charge in [0, 0.05) is 30.5 Å². The quantitative estimate of drug-likeness (QED) is 0.712. The number of halogens is 1. The second kappa shape index (κ2) is 10.4. The topological polar surface area (TPSA) is 70.7 Å². The monoisotopic (exact) mass is 415 g/mol. The van der Waals surface area contributed by atoms with Crippen LogP contribution >= 0.6 is 23.7 Å². The van der Waals surface area contributed by atoms with Gasteiger partial charge in [0.2, 0.25) is 11.8 Å². The number of hydrogen-bond acceptors (Lipinski definition) is 5. The van der Waals surface area contributed by atoms with Gasteiger partial charge in [0.05, 0.1) is 13.0 Å². The van der Waals surface area contributed by atoms with Crippen molar-refractivity contribution >= 4 is 35.6 Å². The van der Waals surface area contributed by atoms with Gasteiger partial charge >= 0.3 is 0 Å². The first kappa shape index (κ1) is 22.1. The summed E-state index contributed by atoms with van der Waals surface area (Å²) in [7, 11) is 1.72. The number of nitrogens with one attached hydrogen (secondary N) is 2. The molecule has 3 rings (SSSR count). The lowest BCUT2D eigenvalue weighted by Crippen LogP contribution is -2.51. The number of carbonyl (C=O) groups is 2. The molecule has 1 atom stereocenters. The SMILES string of the molecule is COCC1(CNC(=O)C2CCCN2C(=O)Cc2cccs2)CCNCC1.Cl. The van der Waals surface area contributed by atoms with Gasteiger partial charge in [-0.25, -0.2) is 0 Å². The zero-order valence-corrected chi connectivity index (χ0v) is 17.5. The molecule has 8 heteroatoms. The summed E-state index contributed by atoms with van der Waals surface area (Å²) < 4.78 is 5.42. The lowest BCUT2D eigenvalue weighted by Gasteiger charge is -2.37. The molecular weight excluding hydrogens is 386 g/mol. The number of nitrogens with zero attached hydrogens (tertiary/aromatic N) is 1. The van der Waals surface area contributed by atoms with Crippen LogP contribution in [0.25, 0.3) is 0 Å². The van der Waals surface area contributed by atoms with Crippen LogP contribution in [0.4, 0.5) is 0 Å². The van der Waals surface area contributed by atoms with Gasteiger partial charge < -0.3 is 20.3 Å². The normalized spacial score (nSPS) is 21.5. The molecule has 2 saturated heterocycles. The molecule has 2 aliphatic rings. The molecule has 6 nitrogen and oxygen atoms in total. The predicted octanol–water partition coefficient (Wildman–Crippen LogP) is 1.84. The van der Waals surface area contributed by atoms with Crippen molar-refractivity contribution < 1.29 is 14.3 Å². The van der Waals surface area contributed by atoms with E-state index in [1.165, 1.54) is 0 Å². The summed E-state index contributed by atoms with van der Waals surface area (Å²) in [6.45, 7) is 3.85. The number of rotatable bonds is 7. The summed E-state index contributed by atoms with van der Waals surface area (Å²) in [5.41, 5.74) is 0.0000712. The minimum absolute atomic E-state index is 0. The van der Waals surface area contributed by atoms with E-state index in [9.17, 15) is 9.59 Å². The highest BCUT2D eigenvalue weighted by Crippen LogP contribution is 2.28.